The third kappa shape index (κ3) is 5.94. The zero-order valence-corrected chi connectivity index (χ0v) is 18.4. The molecule has 0 bridgehead atoms. The fourth-order valence-electron chi connectivity index (χ4n) is 4.46. The maximum Gasteiger partial charge on any atom is 0.225 e. The predicted molar refractivity (Wildman–Crippen MR) is 118 cm³/mol. The highest BCUT2D eigenvalue weighted by Gasteiger charge is 2.29. The summed E-state index contributed by atoms with van der Waals surface area (Å²) in [4.78, 5) is 33.2. The Morgan fingerprint density at radius 1 is 1.09 bits per heavy atom. The molecule has 1 aliphatic heterocycles. The van der Waals surface area contributed by atoms with Gasteiger partial charge in [0.25, 0.3) is 0 Å². The molecule has 1 aromatic heterocycles. The van der Waals surface area contributed by atoms with Crippen LogP contribution in [0.4, 0.5) is 4.39 Å². The Labute approximate surface area is 188 Å². The van der Waals surface area contributed by atoms with Gasteiger partial charge in [-0.25, -0.2) is 9.37 Å². The van der Waals surface area contributed by atoms with Gasteiger partial charge in [-0.3, -0.25) is 14.5 Å². The van der Waals surface area contributed by atoms with E-state index in [1.54, 1.807) is 18.3 Å². The molecule has 2 aromatic rings. The lowest BCUT2D eigenvalue weighted by Crippen LogP contribution is -2.51. The van der Waals surface area contributed by atoms with Crippen molar-refractivity contribution in [2.45, 2.75) is 38.5 Å². The first-order chi connectivity index (χ1) is 15.6. The van der Waals surface area contributed by atoms with E-state index in [0.29, 0.717) is 36.9 Å². The fraction of sp³-hybridized carbons (Fsp3) is 0.542. The molecule has 0 spiro atoms. The van der Waals surface area contributed by atoms with E-state index in [-0.39, 0.29) is 17.6 Å². The van der Waals surface area contributed by atoms with Crippen LogP contribution in [-0.4, -0.2) is 65.9 Å². The molecule has 2 heterocycles. The van der Waals surface area contributed by atoms with Crippen LogP contribution in [0.2, 0.25) is 0 Å². The summed E-state index contributed by atoms with van der Waals surface area (Å²) < 4.78 is 18.7. The first-order valence-corrected chi connectivity index (χ1v) is 11.6. The van der Waals surface area contributed by atoms with Crippen molar-refractivity contribution in [3.63, 3.8) is 0 Å². The second kappa shape index (κ2) is 10.7. The van der Waals surface area contributed by atoms with Crippen LogP contribution in [0.1, 0.15) is 38.0 Å². The van der Waals surface area contributed by atoms with Crippen molar-refractivity contribution in [2.75, 3.05) is 39.3 Å². The number of carbonyl (C=O) groups excluding carboxylic acids is 2. The normalized spacial score (nSPS) is 17.6. The number of nitrogens with one attached hydrogen (secondary N) is 1. The number of piperazine rings is 1. The van der Waals surface area contributed by atoms with Crippen LogP contribution < -0.4 is 5.32 Å². The molecule has 172 valence electrons. The largest absolute Gasteiger partial charge is 0.441 e. The van der Waals surface area contributed by atoms with Crippen LogP contribution in [0.5, 0.6) is 0 Å². The van der Waals surface area contributed by atoms with Gasteiger partial charge in [0, 0.05) is 63.6 Å². The first-order valence-electron chi connectivity index (χ1n) is 11.6. The number of halogens is 1. The van der Waals surface area contributed by atoms with Gasteiger partial charge in [-0.15, -0.1) is 0 Å². The zero-order valence-electron chi connectivity index (χ0n) is 18.4. The lowest BCUT2D eigenvalue weighted by molar-refractivity contribution is -0.137. The van der Waals surface area contributed by atoms with Crippen molar-refractivity contribution in [3.8, 4) is 11.3 Å². The number of rotatable bonds is 8. The monoisotopic (exact) mass is 442 g/mol. The molecule has 32 heavy (non-hydrogen) atoms. The van der Waals surface area contributed by atoms with Gasteiger partial charge in [0.05, 0.1) is 6.20 Å². The summed E-state index contributed by atoms with van der Waals surface area (Å²) in [7, 11) is 0. The molecule has 0 unspecified atom stereocenters. The fourth-order valence-corrected chi connectivity index (χ4v) is 4.46. The first kappa shape index (κ1) is 22.5. The highest BCUT2D eigenvalue weighted by molar-refractivity contribution is 5.79. The highest BCUT2D eigenvalue weighted by atomic mass is 19.1. The summed E-state index contributed by atoms with van der Waals surface area (Å²) in [5.41, 5.74) is 0.750. The Morgan fingerprint density at radius 3 is 2.53 bits per heavy atom. The van der Waals surface area contributed by atoms with Crippen molar-refractivity contribution in [1.29, 1.82) is 0 Å². The lowest BCUT2D eigenvalue weighted by atomic mass is 10.1. The van der Waals surface area contributed by atoms with Crippen molar-refractivity contribution in [1.82, 2.24) is 20.1 Å². The van der Waals surface area contributed by atoms with E-state index in [0.717, 1.165) is 51.1 Å². The molecule has 0 atom stereocenters. The number of aryl methyl sites for hydroxylation is 1. The molecule has 8 heteroatoms. The van der Waals surface area contributed by atoms with Crippen LogP contribution in [0.15, 0.2) is 34.9 Å². The highest BCUT2D eigenvalue weighted by Crippen LogP contribution is 2.27. The second-order valence-electron chi connectivity index (χ2n) is 8.62. The van der Waals surface area contributed by atoms with E-state index < -0.39 is 0 Å². The summed E-state index contributed by atoms with van der Waals surface area (Å²) in [6.07, 6.45) is 6.76. The topological polar surface area (TPSA) is 78.7 Å². The van der Waals surface area contributed by atoms with Crippen molar-refractivity contribution in [2.24, 2.45) is 5.92 Å². The third-order valence-corrected chi connectivity index (χ3v) is 6.39. The Hall–Kier alpha value is -2.74. The van der Waals surface area contributed by atoms with Crippen LogP contribution >= 0.6 is 0 Å². The summed E-state index contributed by atoms with van der Waals surface area (Å²) in [5.74, 6) is 1.29. The molecule has 2 aliphatic rings. The number of hydrogen-bond acceptors (Lipinski definition) is 5. The van der Waals surface area contributed by atoms with Crippen LogP contribution in [0.25, 0.3) is 11.3 Å². The molecule has 1 saturated heterocycles. The average Bonchev–Trinajstić information content (AvgIpc) is 3.51. The quantitative estimate of drug-likeness (QED) is 0.680. The van der Waals surface area contributed by atoms with Gasteiger partial charge in [-0.05, 0) is 37.1 Å². The van der Waals surface area contributed by atoms with E-state index in [1.807, 2.05) is 4.90 Å². The summed E-state index contributed by atoms with van der Waals surface area (Å²) in [6.45, 7) is 4.65. The Morgan fingerprint density at radius 2 is 1.81 bits per heavy atom. The van der Waals surface area contributed by atoms with Crippen molar-refractivity contribution < 1.29 is 18.4 Å². The number of hydrogen-bond donors (Lipinski definition) is 1. The number of benzene rings is 1. The zero-order chi connectivity index (χ0) is 22.3. The van der Waals surface area contributed by atoms with Gasteiger partial charge >= 0.3 is 0 Å². The van der Waals surface area contributed by atoms with Gasteiger partial charge in [-0.2, -0.15) is 0 Å². The predicted octanol–water partition coefficient (Wildman–Crippen LogP) is 2.86. The maximum atomic E-state index is 13.0. The molecule has 7 nitrogen and oxygen atoms in total. The van der Waals surface area contributed by atoms with E-state index in [1.165, 1.54) is 25.0 Å². The van der Waals surface area contributed by atoms with Gasteiger partial charge in [-0.1, -0.05) is 12.8 Å². The Balaban J connectivity index is 1.11. The van der Waals surface area contributed by atoms with Gasteiger partial charge in [0.1, 0.15) is 5.82 Å². The average molecular weight is 443 g/mol. The number of oxazole rings is 1. The molecule has 2 amide bonds. The number of aromatic nitrogens is 1. The minimum absolute atomic E-state index is 0.0402. The summed E-state index contributed by atoms with van der Waals surface area (Å²) in [5, 5.41) is 2.95. The van der Waals surface area contributed by atoms with E-state index >= 15 is 0 Å². The van der Waals surface area contributed by atoms with Gasteiger partial charge in [0.2, 0.25) is 11.8 Å². The molecule has 1 aliphatic carbocycles. The number of amides is 2. The van der Waals surface area contributed by atoms with E-state index in [4.69, 9.17) is 4.42 Å². The third-order valence-electron chi connectivity index (χ3n) is 6.39. The van der Waals surface area contributed by atoms with Crippen LogP contribution in [0.3, 0.4) is 0 Å². The molecule has 0 radical (unpaired) electrons. The maximum absolute atomic E-state index is 13.0. The standard InChI is InChI=1S/C24H31FN4O3/c25-20-7-5-18(6-8-20)21-17-27-23(32-21)10-9-22(30)26-11-12-28-13-15-29(16-14-28)24(31)19-3-1-2-4-19/h5-8,17,19H,1-4,9-16H2,(H,26,30). The molecular formula is C24H31FN4O3. The lowest BCUT2D eigenvalue weighted by Gasteiger charge is -2.36. The Bertz CT molecular complexity index is 900. The molecule has 1 N–H and O–H groups in total. The van der Waals surface area contributed by atoms with Crippen molar-refractivity contribution in [3.05, 3.63) is 42.2 Å². The smallest absolute Gasteiger partial charge is 0.225 e. The van der Waals surface area contributed by atoms with Crippen molar-refractivity contribution >= 4 is 11.8 Å². The minimum atomic E-state index is -0.301. The Kier molecular flexibility index (Phi) is 7.52. The summed E-state index contributed by atoms with van der Waals surface area (Å²) >= 11 is 0. The molecule has 1 aromatic carbocycles. The molecule has 1 saturated carbocycles. The molecule has 4 rings (SSSR count). The molecular weight excluding hydrogens is 411 g/mol. The number of nitrogens with zero attached hydrogens (tertiary/aromatic N) is 3. The molecule has 2 fully saturated rings. The van der Waals surface area contributed by atoms with E-state index in [2.05, 4.69) is 15.2 Å². The SMILES string of the molecule is O=C(CCc1ncc(-c2ccc(F)cc2)o1)NCCN1CCN(C(=O)C2CCCC2)CC1. The van der Waals surface area contributed by atoms with Gasteiger partial charge < -0.3 is 14.6 Å². The van der Waals surface area contributed by atoms with Crippen LogP contribution in [-0.2, 0) is 16.0 Å². The van der Waals surface area contributed by atoms with E-state index in [9.17, 15) is 14.0 Å². The summed E-state index contributed by atoms with van der Waals surface area (Å²) in [6, 6.07) is 6.02. The minimum Gasteiger partial charge on any atom is -0.441 e. The second-order valence-corrected chi connectivity index (χ2v) is 8.62. The van der Waals surface area contributed by atoms with Gasteiger partial charge in [0.15, 0.2) is 11.7 Å². The van der Waals surface area contributed by atoms with Crippen LogP contribution in [0, 0.1) is 11.7 Å². The number of carbonyl (C=O) groups is 2.